The number of carbonyl (C=O) groups is 2. The van der Waals surface area contributed by atoms with Crippen molar-refractivity contribution in [3.63, 3.8) is 0 Å². The van der Waals surface area contributed by atoms with Gasteiger partial charge in [0.2, 0.25) is 5.91 Å². The predicted molar refractivity (Wildman–Crippen MR) is 106 cm³/mol. The van der Waals surface area contributed by atoms with Crippen molar-refractivity contribution in [2.24, 2.45) is 11.7 Å². The molecule has 1 aromatic heterocycles. The summed E-state index contributed by atoms with van der Waals surface area (Å²) in [4.78, 5) is 30.3. The SMILES string of the molecule is CS(=O)(=O)c1ccccc1C(=O)Nc1ccc(N2CCCC(C(N)=O)C2)nc1. The van der Waals surface area contributed by atoms with E-state index >= 15 is 0 Å². The monoisotopic (exact) mass is 402 g/mol. The average Bonchev–Trinajstić information content (AvgIpc) is 2.68. The van der Waals surface area contributed by atoms with E-state index in [4.69, 9.17) is 5.73 Å². The molecule has 9 heteroatoms. The van der Waals surface area contributed by atoms with Crippen LogP contribution in [0.2, 0.25) is 0 Å². The average molecular weight is 402 g/mol. The summed E-state index contributed by atoms with van der Waals surface area (Å²) in [6.45, 7) is 1.31. The molecule has 0 saturated carbocycles. The first-order valence-corrected chi connectivity index (χ1v) is 10.8. The van der Waals surface area contributed by atoms with Crippen LogP contribution in [0.4, 0.5) is 11.5 Å². The van der Waals surface area contributed by atoms with E-state index in [-0.39, 0.29) is 22.3 Å². The van der Waals surface area contributed by atoms with Crippen molar-refractivity contribution in [3.05, 3.63) is 48.2 Å². The number of piperidine rings is 1. The van der Waals surface area contributed by atoms with Crippen molar-refractivity contribution in [1.29, 1.82) is 0 Å². The highest BCUT2D eigenvalue weighted by Gasteiger charge is 2.25. The van der Waals surface area contributed by atoms with E-state index < -0.39 is 15.7 Å². The summed E-state index contributed by atoms with van der Waals surface area (Å²) in [6.07, 6.45) is 4.20. The van der Waals surface area contributed by atoms with Crippen molar-refractivity contribution in [1.82, 2.24) is 4.98 Å². The molecule has 0 spiro atoms. The molecule has 2 amide bonds. The Bertz CT molecular complexity index is 989. The van der Waals surface area contributed by atoms with Crippen LogP contribution >= 0.6 is 0 Å². The van der Waals surface area contributed by atoms with Crippen LogP contribution in [0.3, 0.4) is 0 Å². The summed E-state index contributed by atoms with van der Waals surface area (Å²) in [7, 11) is -3.53. The third-order valence-electron chi connectivity index (χ3n) is 4.68. The van der Waals surface area contributed by atoms with Gasteiger partial charge in [0.15, 0.2) is 9.84 Å². The lowest BCUT2D eigenvalue weighted by molar-refractivity contribution is -0.122. The summed E-state index contributed by atoms with van der Waals surface area (Å²) >= 11 is 0. The van der Waals surface area contributed by atoms with Crippen molar-refractivity contribution in [2.45, 2.75) is 17.7 Å². The van der Waals surface area contributed by atoms with Crippen LogP contribution in [0.15, 0.2) is 47.5 Å². The van der Waals surface area contributed by atoms with Crippen molar-refractivity contribution in [2.75, 3.05) is 29.6 Å². The quantitative estimate of drug-likeness (QED) is 0.780. The molecule has 0 radical (unpaired) electrons. The third-order valence-corrected chi connectivity index (χ3v) is 5.84. The number of primary amides is 1. The van der Waals surface area contributed by atoms with Gasteiger partial charge in [-0.25, -0.2) is 13.4 Å². The maximum absolute atomic E-state index is 12.5. The van der Waals surface area contributed by atoms with Gasteiger partial charge in [0.25, 0.3) is 5.91 Å². The Kier molecular flexibility index (Phi) is 5.64. The number of amides is 2. The van der Waals surface area contributed by atoms with Gasteiger partial charge in [0.1, 0.15) is 5.82 Å². The molecule has 2 aromatic rings. The number of carbonyl (C=O) groups excluding carboxylic acids is 2. The molecule has 0 aliphatic carbocycles. The number of nitrogens with zero attached hydrogens (tertiary/aromatic N) is 2. The lowest BCUT2D eigenvalue weighted by Crippen LogP contribution is -2.41. The van der Waals surface area contributed by atoms with E-state index in [0.29, 0.717) is 18.1 Å². The number of sulfone groups is 1. The van der Waals surface area contributed by atoms with Crippen LogP contribution in [0, 0.1) is 5.92 Å². The summed E-state index contributed by atoms with van der Waals surface area (Å²) in [5.74, 6) is -0.330. The van der Waals surface area contributed by atoms with Gasteiger partial charge in [-0.05, 0) is 37.1 Å². The Balaban J connectivity index is 1.73. The van der Waals surface area contributed by atoms with Gasteiger partial charge in [-0.15, -0.1) is 0 Å². The lowest BCUT2D eigenvalue weighted by Gasteiger charge is -2.32. The minimum atomic E-state index is -3.53. The molecule has 2 heterocycles. The second kappa shape index (κ2) is 7.97. The molecule has 1 fully saturated rings. The topological polar surface area (TPSA) is 122 Å². The molecule has 0 bridgehead atoms. The summed E-state index contributed by atoms with van der Waals surface area (Å²) in [5.41, 5.74) is 5.93. The van der Waals surface area contributed by atoms with Crippen LogP contribution < -0.4 is 16.0 Å². The molecule has 1 saturated heterocycles. The van der Waals surface area contributed by atoms with E-state index in [0.717, 1.165) is 25.6 Å². The number of benzene rings is 1. The summed E-state index contributed by atoms with van der Waals surface area (Å²) in [6, 6.07) is 9.49. The first kappa shape index (κ1) is 19.8. The maximum Gasteiger partial charge on any atom is 0.257 e. The third kappa shape index (κ3) is 4.48. The Labute approximate surface area is 163 Å². The maximum atomic E-state index is 12.5. The predicted octanol–water partition coefficient (Wildman–Crippen LogP) is 1.44. The highest BCUT2D eigenvalue weighted by atomic mass is 32.2. The van der Waals surface area contributed by atoms with Gasteiger partial charge in [-0.1, -0.05) is 12.1 Å². The number of hydrogen-bond donors (Lipinski definition) is 2. The normalized spacial score (nSPS) is 17.2. The zero-order valence-electron chi connectivity index (χ0n) is 15.5. The highest BCUT2D eigenvalue weighted by molar-refractivity contribution is 7.90. The van der Waals surface area contributed by atoms with Crippen LogP contribution in [0.25, 0.3) is 0 Å². The molecule has 1 aromatic carbocycles. The van der Waals surface area contributed by atoms with Crippen molar-refractivity contribution >= 4 is 33.2 Å². The van der Waals surface area contributed by atoms with Gasteiger partial charge in [-0.3, -0.25) is 9.59 Å². The second-order valence-corrected chi connectivity index (χ2v) is 8.80. The molecule has 1 aliphatic heterocycles. The smallest absolute Gasteiger partial charge is 0.257 e. The molecule has 3 N–H and O–H groups in total. The van der Waals surface area contributed by atoms with Crippen LogP contribution in [0.5, 0.6) is 0 Å². The molecule has 3 rings (SSSR count). The van der Waals surface area contributed by atoms with Crippen molar-refractivity contribution < 1.29 is 18.0 Å². The fraction of sp³-hybridized carbons (Fsp3) is 0.316. The van der Waals surface area contributed by atoms with Gasteiger partial charge in [0, 0.05) is 19.3 Å². The Morgan fingerprint density at radius 3 is 2.61 bits per heavy atom. The van der Waals surface area contributed by atoms with E-state index in [2.05, 4.69) is 10.3 Å². The number of aromatic nitrogens is 1. The Hall–Kier alpha value is -2.94. The van der Waals surface area contributed by atoms with Crippen molar-refractivity contribution in [3.8, 4) is 0 Å². The first-order chi connectivity index (χ1) is 13.3. The number of nitrogens with one attached hydrogen (secondary N) is 1. The van der Waals surface area contributed by atoms with E-state index in [1.165, 1.54) is 18.3 Å². The molecular formula is C19H22N4O4S. The van der Waals surface area contributed by atoms with E-state index in [1.807, 2.05) is 4.90 Å². The van der Waals surface area contributed by atoms with Gasteiger partial charge >= 0.3 is 0 Å². The lowest BCUT2D eigenvalue weighted by atomic mass is 9.97. The standard InChI is InChI=1S/C19H22N4O4S/c1-28(26,27)16-7-3-2-6-15(16)19(25)22-14-8-9-17(21-11-14)23-10-4-5-13(12-23)18(20)24/h2-3,6-9,11,13H,4-5,10,12H2,1H3,(H2,20,24)(H,22,25). The van der Waals surface area contributed by atoms with Crippen LogP contribution in [0.1, 0.15) is 23.2 Å². The number of hydrogen-bond acceptors (Lipinski definition) is 6. The first-order valence-electron chi connectivity index (χ1n) is 8.86. The molecule has 8 nitrogen and oxygen atoms in total. The minimum absolute atomic E-state index is 0.0251. The zero-order chi connectivity index (χ0) is 20.3. The summed E-state index contributed by atoms with van der Waals surface area (Å²) < 4.78 is 23.7. The van der Waals surface area contributed by atoms with Crippen LogP contribution in [-0.2, 0) is 14.6 Å². The Morgan fingerprint density at radius 1 is 1.21 bits per heavy atom. The molecule has 148 valence electrons. The number of rotatable bonds is 5. The fourth-order valence-corrected chi connectivity index (χ4v) is 4.13. The minimum Gasteiger partial charge on any atom is -0.369 e. The number of nitrogens with two attached hydrogens (primary N) is 1. The van der Waals surface area contributed by atoms with Gasteiger partial charge < -0.3 is 16.0 Å². The second-order valence-electron chi connectivity index (χ2n) is 6.82. The van der Waals surface area contributed by atoms with E-state index in [9.17, 15) is 18.0 Å². The molecule has 28 heavy (non-hydrogen) atoms. The van der Waals surface area contributed by atoms with Crippen LogP contribution in [-0.4, -0.2) is 44.6 Å². The zero-order valence-corrected chi connectivity index (χ0v) is 16.3. The molecule has 1 unspecified atom stereocenters. The molecular weight excluding hydrogens is 380 g/mol. The van der Waals surface area contributed by atoms with E-state index in [1.54, 1.807) is 24.3 Å². The number of anilines is 2. The summed E-state index contributed by atoms with van der Waals surface area (Å²) in [5, 5.41) is 2.67. The number of pyridine rings is 1. The highest BCUT2D eigenvalue weighted by Crippen LogP contribution is 2.23. The molecule has 1 aliphatic rings. The largest absolute Gasteiger partial charge is 0.369 e. The van der Waals surface area contributed by atoms with Gasteiger partial charge in [-0.2, -0.15) is 0 Å². The van der Waals surface area contributed by atoms with Gasteiger partial charge in [0.05, 0.1) is 28.3 Å². The Morgan fingerprint density at radius 2 is 1.96 bits per heavy atom. The molecule has 1 atom stereocenters. The fourth-order valence-electron chi connectivity index (χ4n) is 3.24.